The molecule has 0 aliphatic carbocycles. The Morgan fingerprint density at radius 3 is 2.37 bits per heavy atom. The molecule has 7 heteroatoms. The quantitative estimate of drug-likeness (QED) is 0.351. The van der Waals surface area contributed by atoms with Gasteiger partial charge in [0.2, 0.25) is 17.7 Å². The highest BCUT2D eigenvalue weighted by molar-refractivity contribution is 6.09. The molecule has 3 atom stereocenters. The smallest absolute Gasteiger partial charge is 0.302 e. The molecule has 7 nitrogen and oxygen atoms in total. The largest absolute Gasteiger partial charge is 0.325 e. The summed E-state index contributed by atoms with van der Waals surface area (Å²) < 4.78 is 0. The lowest BCUT2D eigenvalue weighted by atomic mass is 9.80. The maximum atomic E-state index is 13.9. The molecule has 1 spiro atoms. The van der Waals surface area contributed by atoms with E-state index in [0.717, 1.165) is 16.7 Å². The van der Waals surface area contributed by atoms with Gasteiger partial charge in [0.1, 0.15) is 11.3 Å². The number of hydrogen-bond donors (Lipinski definition) is 2. The normalized spacial score (nSPS) is 20.6. The zero-order chi connectivity index (χ0) is 26.9. The van der Waals surface area contributed by atoms with Crippen LogP contribution in [0, 0.1) is 18.4 Å². The average Bonchev–Trinajstić information content (AvgIpc) is 3.45. The van der Waals surface area contributed by atoms with Crippen LogP contribution < -0.4 is 10.6 Å². The van der Waals surface area contributed by atoms with E-state index in [0.29, 0.717) is 17.8 Å². The van der Waals surface area contributed by atoms with Gasteiger partial charge in [-0.2, -0.15) is 0 Å². The second-order valence-corrected chi connectivity index (χ2v) is 10.5. The number of nitrogens with one attached hydrogen (secondary N) is 2. The number of carbonyl (C=O) groups excluding carboxylic acids is 3. The van der Waals surface area contributed by atoms with Crippen molar-refractivity contribution >= 4 is 29.1 Å². The highest BCUT2D eigenvalue weighted by Gasteiger charge is 2.59. The topological polar surface area (TPSA) is 82.9 Å². The number of rotatable bonds is 6. The lowest BCUT2D eigenvalue weighted by Crippen LogP contribution is -2.45. The molecule has 2 aliphatic heterocycles. The molecule has 0 bridgehead atoms. The molecular formula is C31H30N4O3. The summed E-state index contributed by atoms with van der Waals surface area (Å²) in [6.45, 7) is 11.8. The molecule has 5 rings (SSSR count). The summed E-state index contributed by atoms with van der Waals surface area (Å²) in [6.07, 6.45) is -0.265. The highest BCUT2D eigenvalue weighted by Crippen LogP contribution is 2.47. The van der Waals surface area contributed by atoms with Crippen molar-refractivity contribution in [3.63, 3.8) is 0 Å². The summed E-state index contributed by atoms with van der Waals surface area (Å²) in [5.74, 6) is -1.91. The van der Waals surface area contributed by atoms with Gasteiger partial charge in [0.25, 0.3) is 0 Å². The third-order valence-electron chi connectivity index (χ3n) is 7.47. The first kappa shape index (κ1) is 25.2. The lowest BCUT2D eigenvalue weighted by molar-refractivity contribution is -0.141. The minimum absolute atomic E-state index is 0.0774. The third kappa shape index (κ3) is 4.54. The van der Waals surface area contributed by atoms with Gasteiger partial charge in [-0.25, -0.2) is 6.57 Å². The highest BCUT2D eigenvalue weighted by atomic mass is 16.2. The Bertz CT molecular complexity index is 1410. The van der Waals surface area contributed by atoms with Crippen molar-refractivity contribution in [2.24, 2.45) is 11.8 Å². The molecule has 38 heavy (non-hydrogen) atoms. The summed E-state index contributed by atoms with van der Waals surface area (Å²) in [6, 6.07) is 24.9. The van der Waals surface area contributed by atoms with Gasteiger partial charge in [0, 0.05) is 17.9 Å². The van der Waals surface area contributed by atoms with E-state index in [1.807, 2.05) is 92.7 Å². The summed E-state index contributed by atoms with van der Waals surface area (Å²) in [5.41, 5.74) is 3.23. The van der Waals surface area contributed by atoms with Crippen LogP contribution in [0.25, 0.3) is 16.0 Å². The maximum absolute atomic E-state index is 13.9. The zero-order valence-electron chi connectivity index (χ0n) is 21.5. The molecule has 1 fully saturated rings. The predicted octanol–water partition coefficient (Wildman–Crippen LogP) is 5.32. The monoisotopic (exact) mass is 506 g/mol. The molecule has 0 radical (unpaired) electrons. The Hall–Kier alpha value is -4.44. The molecule has 1 saturated heterocycles. The third-order valence-corrected chi connectivity index (χ3v) is 7.47. The van der Waals surface area contributed by atoms with E-state index in [2.05, 4.69) is 15.5 Å². The zero-order valence-corrected chi connectivity index (χ0v) is 21.5. The van der Waals surface area contributed by atoms with Gasteiger partial charge in [-0.15, -0.1) is 0 Å². The van der Waals surface area contributed by atoms with Crippen molar-refractivity contribution in [1.29, 1.82) is 0 Å². The second-order valence-electron chi connectivity index (χ2n) is 10.5. The predicted molar refractivity (Wildman–Crippen MR) is 147 cm³/mol. The lowest BCUT2D eigenvalue weighted by Gasteiger charge is -2.25. The van der Waals surface area contributed by atoms with Gasteiger partial charge in [-0.1, -0.05) is 74.5 Å². The van der Waals surface area contributed by atoms with Crippen LogP contribution in [-0.2, 0) is 19.8 Å². The minimum Gasteiger partial charge on any atom is -0.325 e. The Labute approximate surface area is 222 Å². The van der Waals surface area contributed by atoms with Crippen LogP contribution in [-0.4, -0.2) is 35.3 Å². The number of anilines is 2. The van der Waals surface area contributed by atoms with E-state index in [4.69, 9.17) is 6.57 Å². The molecule has 0 saturated carbocycles. The van der Waals surface area contributed by atoms with Crippen LogP contribution in [0.5, 0.6) is 0 Å². The van der Waals surface area contributed by atoms with Crippen LogP contribution in [0.15, 0.2) is 78.9 Å². The molecule has 3 aromatic rings. The summed E-state index contributed by atoms with van der Waals surface area (Å²) in [4.78, 5) is 45.6. The standard InChI is InChI=1S/C31H30N4O3/c1-20(2)17-24(28(36)33-23-15-13-22(14-16-23)21-9-5-4-6-10-21)29(37)35-19-31(18-27(35)32-3)25-11-7-8-12-26(25)34-30(31)38/h4-16,20,24,27H,17-19H2,1-2H3,(H,33,36)(H,34,38)/t24?,27-,31-/m0/s1. The number of hydrogen-bond acceptors (Lipinski definition) is 3. The Morgan fingerprint density at radius 2 is 1.68 bits per heavy atom. The fraction of sp³-hybridized carbons (Fsp3) is 0.290. The molecule has 3 amide bonds. The average molecular weight is 507 g/mol. The molecule has 192 valence electrons. The van der Waals surface area contributed by atoms with Crippen molar-refractivity contribution in [1.82, 2.24) is 4.90 Å². The minimum atomic E-state index is -0.979. The van der Waals surface area contributed by atoms with Crippen molar-refractivity contribution < 1.29 is 14.4 Å². The molecule has 2 N–H and O–H groups in total. The van der Waals surface area contributed by atoms with Crippen LogP contribution in [0.4, 0.5) is 11.4 Å². The van der Waals surface area contributed by atoms with E-state index < -0.39 is 29.3 Å². The summed E-state index contributed by atoms with van der Waals surface area (Å²) in [7, 11) is 0. The van der Waals surface area contributed by atoms with Crippen molar-refractivity contribution in [3.8, 4) is 11.1 Å². The molecule has 3 aromatic carbocycles. The number of benzene rings is 3. The first-order chi connectivity index (χ1) is 18.3. The SMILES string of the molecule is [C-]#[N+][C@@H]1C[C@@]2(CN1C(=O)C(CC(C)C)C(=O)Nc1ccc(-c3ccccc3)cc1)C(=O)Nc1ccccc12. The summed E-state index contributed by atoms with van der Waals surface area (Å²) in [5, 5.41) is 5.81. The Morgan fingerprint density at radius 1 is 1.03 bits per heavy atom. The van der Waals surface area contributed by atoms with Gasteiger partial charge < -0.3 is 10.6 Å². The van der Waals surface area contributed by atoms with Crippen LogP contribution >= 0.6 is 0 Å². The number of fused-ring (bicyclic) bond motifs is 2. The molecular weight excluding hydrogens is 476 g/mol. The number of para-hydroxylation sites is 1. The second kappa shape index (κ2) is 10.1. The molecule has 2 aliphatic rings. The molecule has 0 aromatic heterocycles. The first-order valence-corrected chi connectivity index (χ1v) is 12.9. The molecule has 1 unspecified atom stereocenters. The van der Waals surface area contributed by atoms with Gasteiger partial charge in [0.05, 0.1) is 6.42 Å². The number of amides is 3. The van der Waals surface area contributed by atoms with E-state index in [1.165, 1.54) is 4.90 Å². The van der Waals surface area contributed by atoms with Crippen LogP contribution in [0.2, 0.25) is 0 Å². The van der Waals surface area contributed by atoms with E-state index >= 15 is 0 Å². The Kier molecular flexibility index (Phi) is 6.73. The van der Waals surface area contributed by atoms with E-state index in [1.54, 1.807) is 0 Å². The van der Waals surface area contributed by atoms with Gasteiger partial charge in [0.15, 0.2) is 0 Å². The van der Waals surface area contributed by atoms with Gasteiger partial charge in [-0.05, 0) is 47.2 Å². The van der Waals surface area contributed by atoms with Crippen LogP contribution in [0.1, 0.15) is 32.3 Å². The summed E-state index contributed by atoms with van der Waals surface area (Å²) >= 11 is 0. The van der Waals surface area contributed by atoms with Crippen molar-refractivity contribution in [2.75, 3.05) is 17.2 Å². The van der Waals surface area contributed by atoms with Crippen LogP contribution in [0.3, 0.4) is 0 Å². The fourth-order valence-corrected chi connectivity index (χ4v) is 5.55. The van der Waals surface area contributed by atoms with E-state index in [9.17, 15) is 14.4 Å². The van der Waals surface area contributed by atoms with Gasteiger partial charge in [-0.3, -0.25) is 24.1 Å². The van der Waals surface area contributed by atoms with Crippen molar-refractivity contribution in [2.45, 2.75) is 38.3 Å². The number of likely N-dealkylation sites (tertiary alicyclic amines) is 1. The van der Waals surface area contributed by atoms with Crippen molar-refractivity contribution in [3.05, 3.63) is 95.8 Å². The van der Waals surface area contributed by atoms with E-state index in [-0.39, 0.29) is 24.8 Å². The fourth-order valence-electron chi connectivity index (χ4n) is 5.55. The number of nitrogens with zero attached hydrogens (tertiary/aromatic N) is 2. The van der Waals surface area contributed by atoms with Gasteiger partial charge >= 0.3 is 6.17 Å². The number of carbonyl (C=O) groups is 3. The maximum Gasteiger partial charge on any atom is 0.302 e. The first-order valence-electron chi connectivity index (χ1n) is 12.9. The molecule has 2 heterocycles. The Balaban J connectivity index is 1.37.